The van der Waals surface area contributed by atoms with Crippen molar-refractivity contribution in [2.45, 2.75) is 32.1 Å². The summed E-state index contributed by atoms with van der Waals surface area (Å²) in [5.74, 6) is -0.255. The van der Waals surface area contributed by atoms with E-state index in [1.165, 1.54) is 11.3 Å². The fourth-order valence-corrected chi connectivity index (χ4v) is 3.39. The molecule has 3 N–H and O–H groups in total. The Bertz CT molecular complexity index is 618. The lowest BCUT2D eigenvalue weighted by Gasteiger charge is -2.30. The van der Waals surface area contributed by atoms with E-state index in [4.69, 9.17) is 5.73 Å². The first-order valence-electron chi connectivity index (χ1n) is 7.85. The minimum Gasteiger partial charge on any atom is -0.369 e. The van der Waals surface area contributed by atoms with Gasteiger partial charge in [-0.25, -0.2) is 4.98 Å². The molecule has 1 aliphatic heterocycles. The summed E-state index contributed by atoms with van der Waals surface area (Å²) in [5, 5.41) is 5.14. The smallest absolute Gasteiger partial charge is 0.229 e. The first-order chi connectivity index (χ1) is 11.0. The molecule has 0 bridgehead atoms. The first kappa shape index (κ1) is 15.9. The van der Waals surface area contributed by atoms with Gasteiger partial charge in [-0.1, -0.05) is 0 Å². The van der Waals surface area contributed by atoms with Crippen LogP contribution in [0, 0.1) is 11.8 Å². The van der Waals surface area contributed by atoms with Crippen molar-refractivity contribution in [2.75, 3.05) is 18.4 Å². The van der Waals surface area contributed by atoms with E-state index >= 15 is 0 Å². The van der Waals surface area contributed by atoms with Gasteiger partial charge in [0.2, 0.25) is 17.7 Å². The van der Waals surface area contributed by atoms with Crippen molar-refractivity contribution in [1.29, 1.82) is 0 Å². The number of nitrogens with zero attached hydrogens (tertiary/aromatic N) is 2. The Kier molecular flexibility index (Phi) is 4.61. The highest BCUT2D eigenvalue weighted by atomic mass is 32.1. The molecule has 0 radical (unpaired) electrons. The van der Waals surface area contributed by atoms with Gasteiger partial charge in [-0.05, 0) is 25.7 Å². The molecule has 7 nitrogen and oxygen atoms in total. The third kappa shape index (κ3) is 4.07. The number of hydrogen-bond acceptors (Lipinski definition) is 5. The molecule has 2 aliphatic rings. The third-order valence-corrected chi connectivity index (χ3v) is 5.12. The predicted octanol–water partition coefficient (Wildman–Crippen LogP) is 0.758. The molecule has 0 unspecified atom stereocenters. The van der Waals surface area contributed by atoms with Gasteiger partial charge in [-0.2, -0.15) is 0 Å². The van der Waals surface area contributed by atoms with Crippen molar-refractivity contribution < 1.29 is 14.4 Å². The van der Waals surface area contributed by atoms with E-state index in [9.17, 15) is 14.4 Å². The van der Waals surface area contributed by atoms with Gasteiger partial charge in [0.25, 0.3) is 0 Å². The quantitative estimate of drug-likeness (QED) is 0.828. The number of anilines is 1. The van der Waals surface area contributed by atoms with Gasteiger partial charge >= 0.3 is 0 Å². The number of likely N-dealkylation sites (tertiary alicyclic amines) is 1. The molecule has 1 saturated carbocycles. The lowest BCUT2D eigenvalue weighted by Crippen LogP contribution is -2.42. The summed E-state index contributed by atoms with van der Waals surface area (Å²) in [4.78, 5) is 41.2. The average molecular weight is 336 g/mol. The minimum absolute atomic E-state index is 0.00158. The predicted molar refractivity (Wildman–Crippen MR) is 85.7 cm³/mol. The number of amides is 3. The van der Waals surface area contributed by atoms with Gasteiger partial charge in [-0.3, -0.25) is 14.4 Å². The molecule has 3 amide bonds. The maximum absolute atomic E-state index is 12.3. The van der Waals surface area contributed by atoms with Gasteiger partial charge in [0, 0.05) is 30.3 Å². The van der Waals surface area contributed by atoms with Crippen LogP contribution in [0.3, 0.4) is 0 Å². The fraction of sp³-hybridized carbons (Fsp3) is 0.600. The minimum atomic E-state index is -0.285. The summed E-state index contributed by atoms with van der Waals surface area (Å²) in [5.41, 5.74) is 5.96. The number of rotatable bonds is 5. The average Bonchev–Trinajstić information content (AvgIpc) is 3.30. The molecule has 1 saturated heterocycles. The largest absolute Gasteiger partial charge is 0.369 e. The van der Waals surface area contributed by atoms with Crippen LogP contribution in [-0.2, 0) is 20.8 Å². The summed E-state index contributed by atoms with van der Waals surface area (Å²) in [6, 6.07) is 0. The van der Waals surface area contributed by atoms with Crippen molar-refractivity contribution in [3.05, 3.63) is 11.1 Å². The Morgan fingerprint density at radius 2 is 1.91 bits per heavy atom. The molecular formula is C15H20N4O3S. The Balaban J connectivity index is 1.49. The van der Waals surface area contributed by atoms with Gasteiger partial charge in [0.15, 0.2) is 5.13 Å². The van der Waals surface area contributed by atoms with Gasteiger partial charge in [0.05, 0.1) is 12.1 Å². The highest BCUT2D eigenvalue weighted by molar-refractivity contribution is 7.13. The van der Waals surface area contributed by atoms with Crippen molar-refractivity contribution in [3.8, 4) is 0 Å². The van der Waals surface area contributed by atoms with Crippen LogP contribution in [-0.4, -0.2) is 40.7 Å². The molecule has 3 rings (SSSR count). The molecule has 8 heteroatoms. The number of carbonyl (C=O) groups excluding carboxylic acids is 3. The van der Waals surface area contributed by atoms with Gasteiger partial charge in [-0.15, -0.1) is 11.3 Å². The van der Waals surface area contributed by atoms with E-state index in [0.717, 1.165) is 12.8 Å². The normalized spacial score (nSPS) is 18.7. The molecule has 124 valence electrons. The lowest BCUT2D eigenvalue weighted by molar-refractivity contribution is -0.134. The van der Waals surface area contributed by atoms with E-state index in [0.29, 0.717) is 36.8 Å². The van der Waals surface area contributed by atoms with Crippen LogP contribution >= 0.6 is 11.3 Å². The van der Waals surface area contributed by atoms with Crippen molar-refractivity contribution >= 4 is 34.2 Å². The summed E-state index contributed by atoms with van der Waals surface area (Å²) in [7, 11) is 0. The Hall–Kier alpha value is -1.96. The number of aromatic nitrogens is 1. The molecular weight excluding hydrogens is 316 g/mol. The summed E-state index contributed by atoms with van der Waals surface area (Å²) >= 11 is 1.34. The second-order valence-corrected chi connectivity index (χ2v) is 7.00. The molecule has 0 atom stereocenters. The number of nitrogens with one attached hydrogen (secondary N) is 1. The topological polar surface area (TPSA) is 105 Å². The SMILES string of the molecule is NC(=O)C1CCN(C(=O)Cc2csc(NC(=O)C3CC3)n2)CC1. The van der Waals surface area contributed by atoms with Crippen molar-refractivity contribution in [3.63, 3.8) is 0 Å². The zero-order valence-corrected chi connectivity index (χ0v) is 13.6. The van der Waals surface area contributed by atoms with E-state index < -0.39 is 0 Å². The maximum Gasteiger partial charge on any atom is 0.229 e. The van der Waals surface area contributed by atoms with Crippen LogP contribution in [0.2, 0.25) is 0 Å². The number of thiazole rings is 1. The molecule has 1 aliphatic carbocycles. The van der Waals surface area contributed by atoms with Crippen molar-refractivity contribution in [1.82, 2.24) is 9.88 Å². The number of piperidine rings is 1. The Morgan fingerprint density at radius 3 is 2.52 bits per heavy atom. The number of hydrogen-bond donors (Lipinski definition) is 2. The fourth-order valence-electron chi connectivity index (χ4n) is 2.68. The standard InChI is InChI=1S/C15H20N4O3S/c16-13(21)9-3-5-19(6-4-9)12(20)7-11-8-23-15(17-11)18-14(22)10-1-2-10/h8-10H,1-7H2,(H2,16,21)(H,17,18,22). The summed E-state index contributed by atoms with van der Waals surface area (Å²) in [6.45, 7) is 1.11. The van der Waals surface area contributed by atoms with E-state index in [1.807, 2.05) is 0 Å². The summed E-state index contributed by atoms with van der Waals surface area (Å²) in [6.07, 6.45) is 3.37. The van der Waals surface area contributed by atoms with Crippen LogP contribution in [0.15, 0.2) is 5.38 Å². The van der Waals surface area contributed by atoms with Gasteiger partial charge in [0.1, 0.15) is 0 Å². The highest BCUT2D eigenvalue weighted by Crippen LogP contribution is 2.30. The maximum atomic E-state index is 12.3. The first-order valence-corrected chi connectivity index (χ1v) is 8.73. The number of primary amides is 1. The van der Waals surface area contributed by atoms with Crippen LogP contribution in [0.25, 0.3) is 0 Å². The second kappa shape index (κ2) is 6.66. The Labute approximate surface area is 138 Å². The highest BCUT2D eigenvalue weighted by Gasteiger charge is 2.30. The molecule has 0 aromatic carbocycles. The van der Waals surface area contributed by atoms with Crippen LogP contribution in [0.5, 0.6) is 0 Å². The zero-order chi connectivity index (χ0) is 16.4. The number of carbonyl (C=O) groups is 3. The molecule has 23 heavy (non-hydrogen) atoms. The molecule has 0 spiro atoms. The monoisotopic (exact) mass is 336 g/mol. The Morgan fingerprint density at radius 1 is 1.22 bits per heavy atom. The van der Waals surface area contributed by atoms with Crippen LogP contribution in [0.4, 0.5) is 5.13 Å². The molecule has 2 fully saturated rings. The van der Waals surface area contributed by atoms with E-state index in [2.05, 4.69) is 10.3 Å². The lowest BCUT2D eigenvalue weighted by atomic mass is 9.96. The van der Waals surface area contributed by atoms with Crippen LogP contribution in [0.1, 0.15) is 31.4 Å². The van der Waals surface area contributed by atoms with E-state index in [-0.39, 0.29) is 36.0 Å². The number of nitrogens with two attached hydrogens (primary N) is 1. The van der Waals surface area contributed by atoms with Crippen LogP contribution < -0.4 is 11.1 Å². The third-order valence-electron chi connectivity index (χ3n) is 4.31. The second-order valence-electron chi connectivity index (χ2n) is 6.14. The molecule has 2 heterocycles. The zero-order valence-electron chi connectivity index (χ0n) is 12.8. The van der Waals surface area contributed by atoms with E-state index in [1.54, 1.807) is 10.3 Å². The summed E-state index contributed by atoms with van der Waals surface area (Å²) < 4.78 is 0. The molecule has 1 aromatic rings. The van der Waals surface area contributed by atoms with Crippen molar-refractivity contribution in [2.24, 2.45) is 17.6 Å². The van der Waals surface area contributed by atoms with Gasteiger partial charge < -0.3 is 16.0 Å². The molecule has 1 aromatic heterocycles.